The molecule has 0 radical (unpaired) electrons. The van der Waals surface area contributed by atoms with Crippen LogP contribution in [0.5, 0.6) is 0 Å². The first-order chi connectivity index (χ1) is 9.24. The van der Waals surface area contributed by atoms with E-state index in [-0.39, 0.29) is 18.6 Å². The standard InChI is InChI=1S/C15H21NO3/c1-16(15(17)11-19-10-9-18-2)14-8-7-12-5-3-4-6-13(12)14/h3-6,14H,7-11H2,1-2H3. The summed E-state index contributed by atoms with van der Waals surface area (Å²) in [6.07, 6.45) is 2.04. The number of aryl methyl sites for hydroxylation is 1. The van der Waals surface area contributed by atoms with Gasteiger partial charge in [0.25, 0.3) is 0 Å². The lowest BCUT2D eigenvalue weighted by Crippen LogP contribution is -2.33. The van der Waals surface area contributed by atoms with Crippen LogP contribution < -0.4 is 0 Å². The third kappa shape index (κ3) is 3.33. The molecule has 0 aliphatic heterocycles. The van der Waals surface area contributed by atoms with E-state index in [0.717, 1.165) is 12.8 Å². The molecule has 1 atom stereocenters. The fraction of sp³-hybridized carbons (Fsp3) is 0.533. The highest BCUT2D eigenvalue weighted by Crippen LogP contribution is 2.34. The van der Waals surface area contributed by atoms with Crippen molar-refractivity contribution >= 4 is 5.91 Å². The van der Waals surface area contributed by atoms with Crippen LogP contribution in [0.3, 0.4) is 0 Å². The van der Waals surface area contributed by atoms with Gasteiger partial charge < -0.3 is 14.4 Å². The van der Waals surface area contributed by atoms with Crippen molar-refractivity contribution in [2.75, 3.05) is 34.0 Å². The molecule has 104 valence electrons. The van der Waals surface area contributed by atoms with E-state index in [4.69, 9.17) is 9.47 Å². The first-order valence-corrected chi connectivity index (χ1v) is 6.64. The van der Waals surface area contributed by atoms with Gasteiger partial charge in [0.1, 0.15) is 6.61 Å². The number of nitrogens with zero attached hydrogens (tertiary/aromatic N) is 1. The first-order valence-electron chi connectivity index (χ1n) is 6.64. The summed E-state index contributed by atoms with van der Waals surface area (Å²) in [6.45, 7) is 1.10. The van der Waals surface area contributed by atoms with Crippen molar-refractivity contribution in [2.24, 2.45) is 0 Å². The molecule has 0 saturated carbocycles. The average Bonchev–Trinajstić information content (AvgIpc) is 2.86. The molecule has 1 aliphatic rings. The van der Waals surface area contributed by atoms with Gasteiger partial charge >= 0.3 is 0 Å². The van der Waals surface area contributed by atoms with E-state index < -0.39 is 0 Å². The summed E-state index contributed by atoms with van der Waals surface area (Å²) in [6, 6.07) is 8.53. The second-order valence-corrected chi connectivity index (χ2v) is 4.80. The second kappa shape index (κ2) is 6.68. The van der Waals surface area contributed by atoms with Crippen LogP contribution >= 0.6 is 0 Å². The van der Waals surface area contributed by atoms with E-state index in [9.17, 15) is 4.79 Å². The Morgan fingerprint density at radius 3 is 2.95 bits per heavy atom. The van der Waals surface area contributed by atoms with Gasteiger partial charge in [0.15, 0.2) is 0 Å². The van der Waals surface area contributed by atoms with Crippen LogP contribution in [0.25, 0.3) is 0 Å². The van der Waals surface area contributed by atoms with E-state index in [1.807, 2.05) is 13.1 Å². The minimum absolute atomic E-state index is 0.0257. The normalized spacial score (nSPS) is 17.3. The lowest BCUT2D eigenvalue weighted by Gasteiger charge is -2.25. The highest BCUT2D eigenvalue weighted by Gasteiger charge is 2.27. The largest absolute Gasteiger partial charge is 0.382 e. The topological polar surface area (TPSA) is 38.8 Å². The SMILES string of the molecule is COCCOCC(=O)N(C)C1CCc2ccccc21. The molecule has 0 heterocycles. The van der Waals surface area contributed by atoms with Crippen LogP contribution in [-0.2, 0) is 20.7 Å². The quantitative estimate of drug-likeness (QED) is 0.735. The number of benzene rings is 1. The summed E-state index contributed by atoms with van der Waals surface area (Å²) in [4.78, 5) is 13.9. The number of carbonyl (C=O) groups excluding carboxylic acids is 1. The molecule has 0 aromatic heterocycles. The van der Waals surface area contributed by atoms with Crippen molar-refractivity contribution in [2.45, 2.75) is 18.9 Å². The Bertz CT molecular complexity index is 433. The molecule has 2 rings (SSSR count). The molecule has 19 heavy (non-hydrogen) atoms. The number of fused-ring (bicyclic) bond motifs is 1. The molecule has 1 aliphatic carbocycles. The average molecular weight is 263 g/mol. The molecule has 1 unspecified atom stereocenters. The van der Waals surface area contributed by atoms with E-state index in [2.05, 4.69) is 18.2 Å². The molecule has 1 amide bonds. The van der Waals surface area contributed by atoms with Crippen molar-refractivity contribution in [3.8, 4) is 0 Å². The van der Waals surface area contributed by atoms with Gasteiger partial charge in [-0.2, -0.15) is 0 Å². The van der Waals surface area contributed by atoms with Gasteiger partial charge in [0, 0.05) is 14.2 Å². The summed E-state index contributed by atoms with van der Waals surface area (Å²) in [5, 5.41) is 0. The molecule has 0 spiro atoms. The first kappa shape index (κ1) is 14.0. The molecule has 0 fully saturated rings. The van der Waals surface area contributed by atoms with Crippen LogP contribution in [0.4, 0.5) is 0 Å². The number of hydrogen-bond donors (Lipinski definition) is 0. The van der Waals surface area contributed by atoms with Crippen molar-refractivity contribution < 1.29 is 14.3 Å². The summed E-state index contributed by atoms with van der Waals surface area (Å²) in [7, 11) is 3.47. The van der Waals surface area contributed by atoms with Crippen LogP contribution in [-0.4, -0.2) is 44.8 Å². The molecular weight excluding hydrogens is 242 g/mol. The van der Waals surface area contributed by atoms with Crippen molar-refractivity contribution in [1.29, 1.82) is 0 Å². The molecule has 0 N–H and O–H groups in total. The van der Waals surface area contributed by atoms with Crippen LogP contribution in [0.15, 0.2) is 24.3 Å². The minimum atomic E-state index is 0.0257. The number of hydrogen-bond acceptors (Lipinski definition) is 3. The van der Waals surface area contributed by atoms with Gasteiger partial charge in [-0.15, -0.1) is 0 Å². The number of carbonyl (C=O) groups is 1. The summed E-state index contributed by atoms with van der Waals surface area (Å²) < 4.78 is 10.2. The Morgan fingerprint density at radius 1 is 1.37 bits per heavy atom. The van der Waals surface area contributed by atoms with E-state index in [0.29, 0.717) is 13.2 Å². The lowest BCUT2D eigenvalue weighted by molar-refractivity contribution is -0.137. The van der Waals surface area contributed by atoms with Crippen LogP contribution in [0.2, 0.25) is 0 Å². The van der Waals surface area contributed by atoms with Crippen molar-refractivity contribution in [1.82, 2.24) is 4.90 Å². The molecule has 1 aromatic rings. The maximum atomic E-state index is 12.1. The van der Waals surface area contributed by atoms with Crippen molar-refractivity contribution in [3.05, 3.63) is 35.4 Å². The fourth-order valence-corrected chi connectivity index (χ4v) is 2.51. The zero-order chi connectivity index (χ0) is 13.7. The number of amides is 1. The highest BCUT2D eigenvalue weighted by molar-refractivity contribution is 5.77. The Morgan fingerprint density at radius 2 is 2.16 bits per heavy atom. The number of methoxy groups -OCH3 is 1. The van der Waals surface area contributed by atoms with Gasteiger partial charge in [-0.25, -0.2) is 0 Å². The maximum absolute atomic E-state index is 12.1. The van der Waals surface area contributed by atoms with E-state index in [1.54, 1.807) is 12.0 Å². The molecule has 4 heteroatoms. The summed E-state index contributed by atoms with van der Waals surface area (Å²) >= 11 is 0. The van der Waals surface area contributed by atoms with Gasteiger partial charge in [-0.05, 0) is 24.0 Å². The summed E-state index contributed by atoms with van der Waals surface area (Å²) in [5.41, 5.74) is 2.63. The van der Waals surface area contributed by atoms with Gasteiger partial charge in [0.05, 0.1) is 19.3 Å². The second-order valence-electron chi connectivity index (χ2n) is 4.80. The highest BCUT2D eigenvalue weighted by atomic mass is 16.5. The zero-order valence-corrected chi connectivity index (χ0v) is 11.6. The minimum Gasteiger partial charge on any atom is -0.382 e. The fourth-order valence-electron chi connectivity index (χ4n) is 2.51. The maximum Gasteiger partial charge on any atom is 0.248 e. The third-order valence-electron chi connectivity index (χ3n) is 3.62. The van der Waals surface area contributed by atoms with Crippen molar-refractivity contribution in [3.63, 3.8) is 0 Å². The Balaban J connectivity index is 1.90. The smallest absolute Gasteiger partial charge is 0.248 e. The van der Waals surface area contributed by atoms with Gasteiger partial charge in [-0.1, -0.05) is 24.3 Å². The third-order valence-corrected chi connectivity index (χ3v) is 3.62. The van der Waals surface area contributed by atoms with E-state index in [1.165, 1.54) is 11.1 Å². The van der Waals surface area contributed by atoms with Crippen LogP contribution in [0.1, 0.15) is 23.6 Å². The van der Waals surface area contributed by atoms with Gasteiger partial charge in [-0.3, -0.25) is 4.79 Å². The Kier molecular flexibility index (Phi) is 4.93. The predicted octanol–water partition coefficient (Wildman–Crippen LogP) is 1.80. The van der Waals surface area contributed by atoms with Crippen LogP contribution in [0, 0.1) is 0 Å². The lowest BCUT2D eigenvalue weighted by atomic mass is 10.1. The predicted molar refractivity (Wildman–Crippen MR) is 73.0 cm³/mol. The Labute approximate surface area is 114 Å². The number of likely N-dealkylation sites (N-methyl/N-ethyl adjacent to an activating group) is 1. The Hall–Kier alpha value is -1.39. The summed E-state index contributed by atoms with van der Waals surface area (Å²) in [5.74, 6) is 0.0257. The molecule has 1 aromatic carbocycles. The molecular formula is C15H21NO3. The number of ether oxygens (including phenoxy) is 2. The molecule has 0 bridgehead atoms. The van der Waals surface area contributed by atoms with E-state index >= 15 is 0 Å². The molecule has 4 nitrogen and oxygen atoms in total. The monoisotopic (exact) mass is 263 g/mol. The molecule has 0 saturated heterocycles. The van der Waals surface area contributed by atoms with Gasteiger partial charge in [0.2, 0.25) is 5.91 Å². The number of rotatable bonds is 6. The zero-order valence-electron chi connectivity index (χ0n) is 11.6.